The van der Waals surface area contributed by atoms with Crippen LogP contribution in [0.5, 0.6) is 5.75 Å². The van der Waals surface area contributed by atoms with Crippen molar-refractivity contribution in [1.29, 1.82) is 0 Å². The highest BCUT2D eigenvalue weighted by Gasteiger charge is 2.00. The van der Waals surface area contributed by atoms with Crippen LogP contribution in [0.25, 0.3) is 0 Å². The average Bonchev–Trinajstić information content (AvgIpc) is 2.98. The molecule has 0 atom stereocenters. The summed E-state index contributed by atoms with van der Waals surface area (Å²) in [6, 6.07) is 8.18. The van der Waals surface area contributed by atoms with Gasteiger partial charge in [-0.3, -0.25) is 0 Å². The van der Waals surface area contributed by atoms with E-state index in [1.807, 2.05) is 17.5 Å². The summed E-state index contributed by atoms with van der Waals surface area (Å²) in [5.74, 6) is 0.929. The van der Waals surface area contributed by atoms with E-state index in [1.165, 1.54) is 16.9 Å². The van der Waals surface area contributed by atoms with E-state index in [0.29, 0.717) is 5.11 Å². The summed E-state index contributed by atoms with van der Waals surface area (Å²) in [4.78, 5) is 4.13. The average molecular weight is 321 g/mol. The van der Waals surface area contributed by atoms with Gasteiger partial charge in [-0.2, -0.15) is 0 Å². The minimum absolute atomic E-state index is 0.600. The van der Waals surface area contributed by atoms with Crippen molar-refractivity contribution in [2.24, 2.45) is 0 Å². The Morgan fingerprint density at radius 2 is 2.33 bits per heavy atom. The normalized spacial score (nSPS) is 10.1. The van der Waals surface area contributed by atoms with E-state index in [4.69, 9.17) is 17.0 Å². The molecule has 1 aromatic carbocycles. The summed E-state index contributed by atoms with van der Waals surface area (Å²) in [5, 5.41) is 9.55. The van der Waals surface area contributed by atoms with Gasteiger partial charge in [0.05, 0.1) is 6.61 Å². The molecular formula is C15H19N3OS2. The second kappa shape index (κ2) is 8.59. The Bertz CT molecular complexity index is 558. The first-order chi connectivity index (χ1) is 10.3. The molecule has 0 fully saturated rings. The van der Waals surface area contributed by atoms with Gasteiger partial charge in [0, 0.05) is 18.1 Å². The molecular weight excluding hydrogens is 302 g/mol. The lowest BCUT2D eigenvalue weighted by Gasteiger charge is -2.09. The standard InChI is InChI=1S/C15H19N3OS2/c1-2-9-19-13-5-3-4-12(11-13)6-7-16-14(20)18-15-17-8-10-21-15/h3-5,8,10-11H,2,6-7,9H2,1H3,(H2,16,17,18,20). The third kappa shape index (κ3) is 5.69. The third-order valence-corrected chi connectivity index (χ3v) is 3.66. The van der Waals surface area contributed by atoms with Gasteiger partial charge < -0.3 is 15.4 Å². The molecule has 0 radical (unpaired) electrons. The fourth-order valence-electron chi connectivity index (χ4n) is 1.76. The highest BCUT2D eigenvalue weighted by molar-refractivity contribution is 7.80. The predicted octanol–water partition coefficient (Wildman–Crippen LogP) is 3.46. The maximum Gasteiger partial charge on any atom is 0.188 e. The van der Waals surface area contributed by atoms with Crippen LogP contribution in [0.15, 0.2) is 35.8 Å². The van der Waals surface area contributed by atoms with Crippen LogP contribution in [-0.4, -0.2) is 23.2 Å². The number of aromatic nitrogens is 1. The molecule has 6 heteroatoms. The first-order valence-corrected chi connectivity index (χ1v) is 8.23. The van der Waals surface area contributed by atoms with E-state index < -0.39 is 0 Å². The zero-order chi connectivity index (χ0) is 14.9. The molecule has 112 valence electrons. The van der Waals surface area contributed by atoms with Crippen LogP contribution in [0.3, 0.4) is 0 Å². The van der Waals surface area contributed by atoms with Crippen molar-refractivity contribution >= 4 is 33.8 Å². The van der Waals surface area contributed by atoms with Crippen LogP contribution in [-0.2, 0) is 6.42 Å². The van der Waals surface area contributed by atoms with Gasteiger partial charge in [-0.1, -0.05) is 19.1 Å². The SMILES string of the molecule is CCCOc1cccc(CCNC(=S)Nc2nccs2)c1. The highest BCUT2D eigenvalue weighted by Crippen LogP contribution is 2.14. The van der Waals surface area contributed by atoms with Crippen LogP contribution in [0, 0.1) is 0 Å². The number of rotatable bonds is 7. The summed E-state index contributed by atoms with van der Waals surface area (Å²) in [7, 11) is 0. The molecule has 0 aliphatic carbocycles. The van der Waals surface area contributed by atoms with E-state index in [0.717, 1.165) is 36.9 Å². The summed E-state index contributed by atoms with van der Waals surface area (Å²) < 4.78 is 5.63. The van der Waals surface area contributed by atoms with Gasteiger partial charge in [-0.05, 0) is 42.8 Å². The van der Waals surface area contributed by atoms with Crippen LogP contribution >= 0.6 is 23.6 Å². The van der Waals surface area contributed by atoms with E-state index in [9.17, 15) is 0 Å². The fraction of sp³-hybridized carbons (Fsp3) is 0.333. The quantitative estimate of drug-likeness (QED) is 0.765. The van der Waals surface area contributed by atoms with Gasteiger partial charge in [0.25, 0.3) is 0 Å². The molecule has 2 rings (SSSR count). The number of thiazole rings is 1. The smallest absolute Gasteiger partial charge is 0.188 e. The number of nitrogens with one attached hydrogen (secondary N) is 2. The third-order valence-electron chi connectivity index (χ3n) is 2.72. The van der Waals surface area contributed by atoms with Crippen molar-refractivity contribution in [1.82, 2.24) is 10.3 Å². The van der Waals surface area contributed by atoms with Crippen molar-refractivity contribution in [2.45, 2.75) is 19.8 Å². The molecule has 0 aliphatic heterocycles. The number of ether oxygens (including phenoxy) is 1. The van der Waals surface area contributed by atoms with Gasteiger partial charge in [-0.15, -0.1) is 11.3 Å². The minimum Gasteiger partial charge on any atom is -0.494 e. The van der Waals surface area contributed by atoms with Crippen LogP contribution in [0.1, 0.15) is 18.9 Å². The highest BCUT2D eigenvalue weighted by atomic mass is 32.1. The van der Waals surface area contributed by atoms with Crippen molar-refractivity contribution in [3.8, 4) is 5.75 Å². The second-order valence-corrected chi connectivity index (χ2v) is 5.77. The molecule has 4 nitrogen and oxygen atoms in total. The van der Waals surface area contributed by atoms with E-state index in [2.05, 4.69) is 34.7 Å². The Labute approximate surface area is 134 Å². The molecule has 1 aromatic heterocycles. The molecule has 1 heterocycles. The lowest BCUT2D eigenvalue weighted by molar-refractivity contribution is 0.317. The summed E-state index contributed by atoms with van der Waals surface area (Å²) >= 11 is 6.74. The summed E-state index contributed by atoms with van der Waals surface area (Å²) in [6.07, 6.45) is 3.66. The number of hydrogen-bond donors (Lipinski definition) is 2. The Kier molecular flexibility index (Phi) is 6.43. The number of nitrogens with zero attached hydrogens (tertiary/aromatic N) is 1. The van der Waals surface area contributed by atoms with Crippen molar-refractivity contribution in [3.05, 3.63) is 41.4 Å². The van der Waals surface area contributed by atoms with Crippen LogP contribution in [0.4, 0.5) is 5.13 Å². The van der Waals surface area contributed by atoms with E-state index in [1.54, 1.807) is 6.20 Å². The predicted molar refractivity (Wildman–Crippen MR) is 92.3 cm³/mol. The minimum atomic E-state index is 0.600. The lowest BCUT2D eigenvalue weighted by atomic mass is 10.1. The number of hydrogen-bond acceptors (Lipinski definition) is 4. The van der Waals surface area contributed by atoms with Crippen molar-refractivity contribution in [3.63, 3.8) is 0 Å². The van der Waals surface area contributed by atoms with E-state index in [-0.39, 0.29) is 0 Å². The number of benzene rings is 1. The largest absolute Gasteiger partial charge is 0.494 e. The molecule has 21 heavy (non-hydrogen) atoms. The topological polar surface area (TPSA) is 46.2 Å². The zero-order valence-electron chi connectivity index (χ0n) is 12.0. The molecule has 0 bridgehead atoms. The maximum absolute atomic E-state index is 5.63. The number of anilines is 1. The number of thiocarbonyl (C=S) groups is 1. The zero-order valence-corrected chi connectivity index (χ0v) is 13.6. The Morgan fingerprint density at radius 3 is 3.10 bits per heavy atom. The molecule has 0 unspecified atom stereocenters. The Morgan fingerprint density at radius 1 is 1.43 bits per heavy atom. The lowest BCUT2D eigenvalue weighted by Crippen LogP contribution is -2.30. The molecule has 0 saturated carbocycles. The monoisotopic (exact) mass is 321 g/mol. The van der Waals surface area contributed by atoms with E-state index >= 15 is 0 Å². The van der Waals surface area contributed by atoms with Gasteiger partial charge in [0.2, 0.25) is 0 Å². The maximum atomic E-state index is 5.63. The Hall–Kier alpha value is -1.66. The summed E-state index contributed by atoms with van der Waals surface area (Å²) in [5.41, 5.74) is 1.23. The Balaban J connectivity index is 1.73. The second-order valence-electron chi connectivity index (χ2n) is 4.46. The molecule has 0 spiro atoms. The molecule has 0 saturated heterocycles. The first-order valence-electron chi connectivity index (χ1n) is 6.94. The fourth-order valence-corrected chi connectivity index (χ4v) is 2.55. The first kappa shape index (κ1) is 15.7. The van der Waals surface area contributed by atoms with Crippen LogP contribution < -0.4 is 15.4 Å². The molecule has 2 aromatic rings. The summed E-state index contributed by atoms with van der Waals surface area (Å²) in [6.45, 7) is 3.63. The van der Waals surface area contributed by atoms with Gasteiger partial charge >= 0.3 is 0 Å². The van der Waals surface area contributed by atoms with Gasteiger partial charge in [-0.25, -0.2) is 4.98 Å². The molecule has 0 aliphatic rings. The van der Waals surface area contributed by atoms with Crippen molar-refractivity contribution < 1.29 is 4.74 Å². The molecule has 0 amide bonds. The van der Waals surface area contributed by atoms with Crippen LogP contribution in [0.2, 0.25) is 0 Å². The van der Waals surface area contributed by atoms with Crippen molar-refractivity contribution in [2.75, 3.05) is 18.5 Å². The van der Waals surface area contributed by atoms with Gasteiger partial charge in [0.1, 0.15) is 5.75 Å². The molecule has 2 N–H and O–H groups in total. The van der Waals surface area contributed by atoms with Gasteiger partial charge in [0.15, 0.2) is 10.2 Å².